The van der Waals surface area contributed by atoms with Crippen LogP contribution in [0.2, 0.25) is 0 Å². The molecule has 1 aliphatic heterocycles. The molecule has 1 amide bonds. The summed E-state index contributed by atoms with van der Waals surface area (Å²) >= 11 is 0. The quantitative estimate of drug-likeness (QED) is 0.174. The molecule has 0 saturated carbocycles. The van der Waals surface area contributed by atoms with Crippen LogP contribution in [0.4, 0.5) is 0 Å². The molecule has 41 heavy (non-hydrogen) atoms. The van der Waals surface area contributed by atoms with Gasteiger partial charge in [-0.2, -0.15) is 0 Å². The highest BCUT2D eigenvalue weighted by Crippen LogP contribution is 2.35. The van der Waals surface area contributed by atoms with E-state index in [1.807, 2.05) is 0 Å². The first-order valence-electron chi connectivity index (χ1n) is 12.6. The second-order valence-corrected chi connectivity index (χ2v) is 9.32. The number of esters is 1. The average Bonchev–Trinajstić information content (AvgIpc) is 3.16. The van der Waals surface area contributed by atoms with Crippen molar-refractivity contribution in [3.05, 3.63) is 82.4 Å². The maximum Gasteiger partial charge on any atom is 0.338 e. The Kier molecular flexibility index (Phi) is 8.73. The van der Waals surface area contributed by atoms with Crippen LogP contribution in [0.3, 0.4) is 0 Å². The van der Waals surface area contributed by atoms with E-state index in [4.69, 9.17) is 9.47 Å². The Labute approximate surface area is 234 Å². The third-order valence-corrected chi connectivity index (χ3v) is 6.64. The lowest BCUT2D eigenvalue weighted by Crippen LogP contribution is -2.49. The van der Waals surface area contributed by atoms with E-state index in [0.29, 0.717) is 37.2 Å². The molecule has 1 saturated heterocycles. The van der Waals surface area contributed by atoms with Crippen molar-refractivity contribution >= 4 is 23.6 Å². The largest absolute Gasteiger partial charge is 0.507 e. The lowest BCUT2D eigenvalue weighted by molar-refractivity contribution is 0.0191. The summed E-state index contributed by atoms with van der Waals surface area (Å²) in [6.07, 6.45) is 0.291. The zero-order chi connectivity index (χ0) is 29.7. The van der Waals surface area contributed by atoms with Crippen LogP contribution in [0.25, 0.3) is 0 Å². The first kappa shape index (κ1) is 28.9. The van der Waals surface area contributed by atoms with Crippen molar-refractivity contribution in [1.29, 1.82) is 0 Å². The fourth-order valence-corrected chi connectivity index (χ4v) is 4.55. The summed E-state index contributed by atoms with van der Waals surface area (Å²) in [5, 5.41) is 46.7. The van der Waals surface area contributed by atoms with Gasteiger partial charge in [-0.1, -0.05) is 6.07 Å². The molecular weight excluding hydrogens is 536 g/mol. The summed E-state index contributed by atoms with van der Waals surface area (Å²) in [6.45, 7) is 0.947. The van der Waals surface area contributed by atoms with E-state index in [1.54, 1.807) is 24.3 Å². The first-order valence-corrected chi connectivity index (χ1v) is 12.6. The van der Waals surface area contributed by atoms with Gasteiger partial charge in [-0.15, -0.1) is 0 Å². The number of nitrogens with one attached hydrogen (secondary N) is 2. The van der Waals surface area contributed by atoms with Gasteiger partial charge in [0.15, 0.2) is 0 Å². The number of methoxy groups -OCH3 is 1. The monoisotopic (exact) mass is 564 g/mol. The molecule has 0 aromatic heterocycles. The summed E-state index contributed by atoms with van der Waals surface area (Å²) in [5.74, 6) is -5.71. The second-order valence-electron chi connectivity index (χ2n) is 9.32. The number of aromatic carboxylic acids is 1. The van der Waals surface area contributed by atoms with Gasteiger partial charge in [0, 0.05) is 12.1 Å². The van der Waals surface area contributed by atoms with Gasteiger partial charge in [0.25, 0.3) is 5.91 Å². The van der Waals surface area contributed by atoms with Crippen LogP contribution in [-0.4, -0.2) is 76.4 Å². The molecule has 214 valence electrons. The second kappa shape index (κ2) is 12.4. The van der Waals surface area contributed by atoms with E-state index in [0.717, 1.165) is 24.3 Å². The Morgan fingerprint density at radius 2 is 1.59 bits per heavy atom. The molecule has 3 aromatic rings. The smallest absolute Gasteiger partial charge is 0.338 e. The predicted octanol–water partition coefficient (Wildman–Crippen LogP) is 2.45. The minimum atomic E-state index is -1.50. The lowest BCUT2D eigenvalue weighted by atomic mass is 9.95. The number of carbonyl (C=O) groups excluding carboxylic acids is 3. The molecule has 0 unspecified atom stereocenters. The number of ether oxygens (including phenoxy) is 2. The van der Waals surface area contributed by atoms with Crippen LogP contribution in [0, 0.1) is 0 Å². The van der Waals surface area contributed by atoms with Crippen molar-refractivity contribution in [2.75, 3.05) is 20.2 Å². The normalized spacial score (nSPS) is 16.7. The van der Waals surface area contributed by atoms with E-state index in [-0.39, 0.29) is 11.5 Å². The summed E-state index contributed by atoms with van der Waals surface area (Å²) in [4.78, 5) is 50.5. The average molecular weight is 565 g/mol. The molecule has 1 aliphatic rings. The minimum Gasteiger partial charge on any atom is -0.507 e. The van der Waals surface area contributed by atoms with E-state index in [1.165, 1.54) is 13.2 Å². The summed E-state index contributed by atoms with van der Waals surface area (Å²) in [7, 11) is 1.51. The molecule has 0 aliphatic carbocycles. The van der Waals surface area contributed by atoms with Gasteiger partial charge in [0.1, 0.15) is 34.7 Å². The van der Waals surface area contributed by atoms with E-state index < -0.39 is 63.8 Å². The molecule has 4 rings (SSSR count). The molecule has 12 nitrogen and oxygen atoms in total. The van der Waals surface area contributed by atoms with Crippen molar-refractivity contribution in [1.82, 2.24) is 10.6 Å². The molecular formula is C29H28N2O10. The van der Waals surface area contributed by atoms with Gasteiger partial charge in [-0.05, 0) is 67.9 Å². The number of phenolic OH excluding ortho intramolecular Hbond substituents is 3. The van der Waals surface area contributed by atoms with Crippen LogP contribution in [0.15, 0.2) is 54.6 Å². The number of carbonyl (C=O) groups is 4. The number of hydrogen-bond acceptors (Lipinski definition) is 10. The standard InChI is InChI=1S/C29H28N2O10/c1-40-17-9-7-15(8-10-17)27(36)31-19-14-30-11-3-6-23(19)41-29(39)16-12-21(33)25(22(34)13-16)26(35)24-18(28(37)38)4-2-5-20(24)32/h2,4-5,7-10,12-13,19,23,30,32-34H,3,6,11,14H2,1H3,(H,31,36)(H,37,38)/t19-,23-/m1/s1. The molecule has 12 heteroatoms. The highest BCUT2D eigenvalue weighted by molar-refractivity contribution is 6.18. The van der Waals surface area contributed by atoms with Gasteiger partial charge in [-0.3, -0.25) is 9.59 Å². The number of amides is 1. The van der Waals surface area contributed by atoms with Gasteiger partial charge >= 0.3 is 11.9 Å². The fourth-order valence-electron chi connectivity index (χ4n) is 4.55. The highest BCUT2D eigenvalue weighted by atomic mass is 16.5. The highest BCUT2D eigenvalue weighted by Gasteiger charge is 2.31. The maximum atomic E-state index is 13.1. The van der Waals surface area contributed by atoms with Crippen molar-refractivity contribution in [3.8, 4) is 23.0 Å². The Bertz CT molecular complexity index is 1460. The molecule has 0 bridgehead atoms. The SMILES string of the molecule is COc1ccc(C(=O)N[C@@H]2CNCCC[C@H]2OC(=O)c2cc(O)c(C(=O)c3c(O)cccc3C(=O)O)c(O)c2)cc1. The topological polar surface area (TPSA) is 192 Å². The fraction of sp³-hybridized carbons (Fsp3) is 0.241. The number of benzene rings is 3. The van der Waals surface area contributed by atoms with Crippen LogP contribution in [-0.2, 0) is 4.74 Å². The van der Waals surface area contributed by atoms with Crippen molar-refractivity contribution in [3.63, 3.8) is 0 Å². The third kappa shape index (κ3) is 6.39. The van der Waals surface area contributed by atoms with E-state index in [2.05, 4.69) is 10.6 Å². The summed E-state index contributed by atoms with van der Waals surface area (Å²) < 4.78 is 10.8. The predicted molar refractivity (Wildman–Crippen MR) is 144 cm³/mol. The van der Waals surface area contributed by atoms with Crippen LogP contribution in [0.1, 0.15) is 59.8 Å². The first-order chi connectivity index (χ1) is 19.6. The van der Waals surface area contributed by atoms with Gasteiger partial charge in [0.05, 0.1) is 29.8 Å². The Morgan fingerprint density at radius 1 is 0.902 bits per heavy atom. The Morgan fingerprint density at radius 3 is 2.22 bits per heavy atom. The summed E-state index contributed by atoms with van der Waals surface area (Å²) in [6, 6.07) is 11.1. The van der Waals surface area contributed by atoms with Gasteiger partial charge in [0.2, 0.25) is 5.78 Å². The molecule has 1 heterocycles. The van der Waals surface area contributed by atoms with Crippen LogP contribution < -0.4 is 15.4 Å². The van der Waals surface area contributed by atoms with Gasteiger partial charge in [-0.25, -0.2) is 9.59 Å². The molecule has 3 aromatic carbocycles. The number of ketones is 1. The molecule has 2 atom stereocenters. The number of carboxylic acid groups (broad SMARTS) is 1. The number of hydrogen-bond donors (Lipinski definition) is 6. The Balaban J connectivity index is 1.54. The van der Waals surface area contributed by atoms with Crippen LogP contribution in [0.5, 0.6) is 23.0 Å². The number of carboxylic acids is 1. The Hall–Kier alpha value is -5.10. The molecule has 6 N–H and O–H groups in total. The van der Waals surface area contributed by atoms with Crippen molar-refractivity contribution in [2.24, 2.45) is 0 Å². The minimum absolute atomic E-state index is 0.287. The number of aromatic hydroxyl groups is 3. The number of phenols is 3. The number of rotatable bonds is 8. The van der Waals surface area contributed by atoms with Gasteiger partial charge < -0.3 is 40.5 Å². The van der Waals surface area contributed by atoms with Crippen molar-refractivity contribution < 1.29 is 49.1 Å². The van der Waals surface area contributed by atoms with E-state index in [9.17, 15) is 39.6 Å². The van der Waals surface area contributed by atoms with E-state index >= 15 is 0 Å². The van der Waals surface area contributed by atoms with Crippen molar-refractivity contribution in [2.45, 2.75) is 25.0 Å². The molecule has 1 fully saturated rings. The molecule has 0 spiro atoms. The zero-order valence-corrected chi connectivity index (χ0v) is 21.9. The maximum absolute atomic E-state index is 13.1. The summed E-state index contributed by atoms with van der Waals surface area (Å²) in [5.41, 5.74) is -1.78. The lowest BCUT2D eigenvalue weighted by Gasteiger charge is -2.26. The third-order valence-electron chi connectivity index (χ3n) is 6.64. The van der Waals surface area contributed by atoms with Crippen LogP contribution >= 0.6 is 0 Å². The zero-order valence-electron chi connectivity index (χ0n) is 21.9. The molecule has 0 radical (unpaired) electrons.